The molecule has 16 rings (SSSR count). The van der Waals surface area contributed by atoms with Gasteiger partial charge in [0.15, 0.2) is 0 Å². The Labute approximate surface area is 829 Å². The lowest BCUT2D eigenvalue weighted by Gasteiger charge is -2.26. The Morgan fingerprint density at radius 2 is 0.440 bits per heavy atom. The Balaban J connectivity index is 0.000000151. The van der Waals surface area contributed by atoms with E-state index in [0.717, 1.165) is 160 Å². The number of likely N-dealkylation sites (tertiary alicyclic amines) is 5. The number of anilines is 6. The fourth-order valence-corrected chi connectivity index (χ4v) is 20.3. The van der Waals surface area contributed by atoms with Crippen LogP contribution in [0.15, 0.2) is 177 Å². The lowest BCUT2D eigenvalue weighted by atomic mass is 10.1. The van der Waals surface area contributed by atoms with Crippen molar-refractivity contribution in [2.45, 2.75) is 270 Å². The molecule has 5 aliphatic heterocycles. The van der Waals surface area contributed by atoms with Gasteiger partial charge in [0.2, 0.25) is 0 Å². The molecule has 5 aromatic heterocycles. The van der Waals surface area contributed by atoms with Gasteiger partial charge in [-0.2, -0.15) is 0 Å². The highest BCUT2D eigenvalue weighted by Gasteiger charge is 2.17. The molecular weight excluding hydrogens is 1760 g/mol. The number of aromatic nitrogens is 5. The summed E-state index contributed by atoms with van der Waals surface area (Å²) < 4.78 is 5.91. The Hall–Kier alpha value is -7.58. The number of nitrogens with one attached hydrogen (secondary N) is 5. The van der Waals surface area contributed by atoms with E-state index in [9.17, 15) is 0 Å². The van der Waals surface area contributed by atoms with Gasteiger partial charge in [0.05, 0.1) is 34.2 Å². The summed E-state index contributed by atoms with van der Waals surface area (Å²) in [6.45, 7) is 24.4. The van der Waals surface area contributed by atoms with Gasteiger partial charge in [0.25, 0.3) is 0 Å². The van der Waals surface area contributed by atoms with Gasteiger partial charge < -0.3 is 55.8 Å². The average molecular weight is 1920 g/mol. The standard InChI is InChI=1S/C26H40ClN3.C24H36ClN3.C23H26ClN3O.C22H32ClN3.C18H24ClN3/c27-23-14-15-24-25(16-18-29-26(24)22-23)28-17-10-7-5-3-1-2-4-6-8-11-19-30-20-12-9-13-21-30;25-21-12-13-22-23(14-16-27-24(22)20-21)26-15-8-5-3-1-2-4-6-9-17-28-18-10-7-11-19-28;24-18-5-10-21-22(11-12-25-23(21)17-18)26-19-6-8-20(9-7-19)28-16-4-15-27-13-2-1-3-14-27;23-19-10-11-20-21(12-14-25-22(20)18-19)24-13-6-3-1-2-4-7-15-26-16-8-5-9-17-26;19-15-6-7-16-17(8-10-21-18(16)14-15)20-9-2-5-13-22-11-3-1-4-12-22/h14-16,18,22H,1-13,17,19-21H2,(H,28,29);12-14,16,20H,1-11,15,17-19H2,(H,26,27);5-12,17H,1-4,13-16H2,(H,25,26);10-12,14,18H,1-9,13,15-17H2,(H,24,25);6-8,10,14H,1-5,9,11-13H2,(H,20,21). The zero-order valence-electron chi connectivity index (χ0n) is 80.9. The van der Waals surface area contributed by atoms with Crippen molar-refractivity contribution in [1.29, 1.82) is 0 Å². The van der Waals surface area contributed by atoms with Gasteiger partial charge in [-0.25, -0.2) is 0 Å². The molecule has 5 saturated heterocycles. The molecule has 16 nitrogen and oxygen atoms in total. The van der Waals surface area contributed by atoms with E-state index in [2.05, 4.69) is 112 Å². The molecule has 5 aliphatic rings. The van der Waals surface area contributed by atoms with Crippen molar-refractivity contribution in [3.8, 4) is 5.75 Å². The topological polar surface area (TPSA) is 150 Å². The third kappa shape index (κ3) is 39.7. The highest BCUT2D eigenvalue weighted by molar-refractivity contribution is 6.33. The van der Waals surface area contributed by atoms with Crippen LogP contribution in [0.4, 0.5) is 34.1 Å². The molecule has 6 aromatic carbocycles. The largest absolute Gasteiger partial charge is 0.494 e. The molecule has 0 bridgehead atoms. The van der Waals surface area contributed by atoms with E-state index < -0.39 is 0 Å². The first-order chi connectivity index (χ1) is 66.1. The third-order valence-electron chi connectivity index (χ3n) is 27.2. The monoisotopic (exact) mass is 1920 g/mol. The zero-order chi connectivity index (χ0) is 92.7. The number of nitrogens with zero attached hydrogens (tertiary/aromatic N) is 10. The average Bonchev–Trinajstić information content (AvgIpc) is 0.837. The van der Waals surface area contributed by atoms with Crippen molar-refractivity contribution >= 4 is 147 Å². The molecule has 11 aromatic rings. The van der Waals surface area contributed by atoms with Crippen LogP contribution < -0.4 is 31.3 Å². The molecule has 726 valence electrons. The van der Waals surface area contributed by atoms with Gasteiger partial charge in [-0.05, 0) is 359 Å². The van der Waals surface area contributed by atoms with Gasteiger partial charge in [-0.15, -0.1) is 0 Å². The number of benzene rings is 6. The SMILES string of the molecule is Clc1ccc2c(NCCCCCCCCCCCCN3CCCCC3)ccnc2c1.Clc1ccc2c(NCCCCCCCCCCN3CCCCC3)ccnc2c1.Clc1ccc2c(NCCCCCCCCN3CCCCC3)ccnc2c1.Clc1ccc2c(NCCCCN3CCCCC3)ccnc2c1.Clc1ccc2c(Nc3ccc(OCCCN4CCCCC4)cc3)ccnc2c1. The van der Waals surface area contributed by atoms with Gasteiger partial charge in [0.1, 0.15) is 5.75 Å². The summed E-state index contributed by atoms with van der Waals surface area (Å²) in [5.41, 5.74) is 11.4. The van der Waals surface area contributed by atoms with E-state index >= 15 is 0 Å². The summed E-state index contributed by atoms with van der Waals surface area (Å²) >= 11 is 30.3. The van der Waals surface area contributed by atoms with E-state index in [1.807, 2.05) is 134 Å². The van der Waals surface area contributed by atoms with Crippen molar-refractivity contribution in [2.24, 2.45) is 0 Å². The molecule has 5 fully saturated rings. The van der Waals surface area contributed by atoms with Gasteiger partial charge in [-0.1, -0.05) is 206 Å². The molecule has 0 aliphatic carbocycles. The highest BCUT2D eigenvalue weighted by Crippen LogP contribution is 2.33. The molecule has 0 unspecified atom stereocenters. The Morgan fingerprint density at radius 3 is 0.709 bits per heavy atom. The zero-order valence-corrected chi connectivity index (χ0v) is 84.6. The maximum absolute atomic E-state index is 6.07. The fourth-order valence-electron chi connectivity index (χ4n) is 19.4. The maximum Gasteiger partial charge on any atom is 0.119 e. The van der Waals surface area contributed by atoms with Crippen molar-refractivity contribution < 1.29 is 4.74 Å². The number of ether oxygens (including phenoxy) is 1. The van der Waals surface area contributed by atoms with E-state index in [1.165, 1.54) is 355 Å². The molecule has 0 saturated carbocycles. The first-order valence-corrected chi connectivity index (χ1v) is 54.3. The summed E-state index contributed by atoms with van der Waals surface area (Å²) in [6.07, 6.45) is 66.6. The second-order valence-corrected chi connectivity index (χ2v) is 40.0. The Kier molecular flexibility index (Phi) is 49.6. The van der Waals surface area contributed by atoms with Crippen LogP contribution in [0.25, 0.3) is 54.5 Å². The number of hydrogen-bond donors (Lipinski definition) is 5. The molecule has 10 heterocycles. The molecule has 5 N–H and O–H groups in total. The van der Waals surface area contributed by atoms with Crippen LogP contribution in [0.2, 0.25) is 25.1 Å². The normalized spacial score (nSPS) is 15.3. The second kappa shape index (κ2) is 63.1. The summed E-state index contributed by atoms with van der Waals surface area (Å²) in [5, 5.41) is 27.0. The lowest BCUT2D eigenvalue weighted by Crippen LogP contribution is -2.31. The van der Waals surface area contributed by atoms with Gasteiger partial charge in [-0.3, -0.25) is 24.9 Å². The van der Waals surface area contributed by atoms with Gasteiger partial charge in [0, 0.05) is 150 Å². The highest BCUT2D eigenvalue weighted by atomic mass is 35.5. The molecule has 0 amide bonds. The molecule has 0 atom stereocenters. The quantitative estimate of drug-likeness (QED) is 0.0230. The van der Waals surface area contributed by atoms with Crippen molar-refractivity contribution in [3.05, 3.63) is 202 Å². The molecule has 0 radical (unpaired) electrons. The van der Waals surface area contributed by atoms with Gasteiger partial charge >= 0.3 is 0 Å². The Bertz CT molecular complexity index is 5060. The van der Waals surface area contributed by atoms with Crippen LogP contribution in [-0.4, -0.2) is 180 Å². The number of hydrogen-bond acceptors (Lipinski definition) is 16. The summed E-state index contributed by atoms with van der Waals surface area (Å²) in [6, 6.07) is 47.7. The fraction of sp³-hybridized carbons (Fsp3) is 0.549. The summed E-state index contributed by atoms with van der Waals surface area (Å²) in [4.78, 5) is 35.1. The first-order valence-electron chi connectivity index (χ1n) is 52.4. The van der Waals surface area contributed by atoms with Crippen LogP contribution in [-0.2, 0) is 0 Å². The molecule has 21 heteroatoms. The van der Waals surface area contributed by atoms with Crippen LogP contribution in [0.3, 0.4) is 0 Å². The van der Waals surface area contributed by atoms with Crippen LogP contribution in [0.1, 0.15) is 270 Å². The van der Waals surface area contributed by atoms with E-state index in [0.29, 0.717) is 5.02 Å². The van der Waals surface area contributed by atoms with Crippen LogP contribution >= 0.6 is 58.0 Å². The molecule has 134 heavy (non-hydrogen) atoms. The van der Waals surface area contributed by atoms with E-state index in [1.54, 1.807) is 6.20 Å². The predicted molar refractivity (Wildman–Crippen MR) is 579 cm³/mol. The minimum absolute atomic E-state index is 0.693. The maximum atomic E-state index is 6.07. The van der Waals surface area contributed by atoms with E-state index in [-0.39, 0.29) is 0 Å². The smallest absolute Gasteiger partial charge is 0.119 e. The number of piperidine rings is 5. The molecule has 0 spiro atoms. The predicted octanol–water partition coefficient (Wildman–Crippen LogP) is 31.2. The third-order valence-corrected chi connectivity index (χ3v) is 28.3. The number of halogens is 5. The van der Waals surface area contributed by atoms with Crippen LogP contribution in [0.5, 0.6) is 5.75 Å². The summed E-state index contributed by atoms with van der Waals surface area (Å²) in [7, 11) is 0. The van der Waals surface area contributed by atoms with E-state index in [4.69, 9.17) is 62.7 Å². The minimum Gasteiger partial charge on any atom is -0.494 e. The Morgan fingerprint density at radius 1 is 0.224 bits per heavy atom. The number of fused-ring (bicyclic) bond motifs is 5. The minimum atomic E-state index is 0.693. The number of pyridine rings is 5. The van der Waals surface area contributed by atoms with Crippen LogP contribution in [0, 0.1) is 0 Å². The van der Waals surface area contributed by atoms with Crippen molar-refractivity contribution in [3.63, 3.8) is 0 Å². The summed E-state index contributed by atoms with van der Waals surface area (Å²) in [5.74, 6) is 0.913. The molecular formula is C113H158Cl5N15O. The van der Waals surface area contributed by atoms with Crippen molar-refractivity contribution in [1.82, 2.24) is 49.4 Å². The second-order valence-electron chi connectivity index (χ2n) is 37.9. The van der Waals surface area contributed by atoms with Crippen molar-refractivity contribution in [2.75, 3.05) is 158 Å². The number of unbranched alkanes of at least 4 members (excludes halogenated alkanes) is 22. The number of rotatable bonds is 49. The lowest BCUT2D eigenvalue weighted by molar-refractivity contribution is 0.205. The first kappa shape index (κ1) is 105.